The van der Waals surface area contributed by atoms with Crippen LogP contribution >= 0.6 is 0 Å². The molecule has 0 amide bonds. The Kier molecular flexibility index (Phi) is 8.55. The van der Waals surface area contributed by atoms with Crippen molar-refractivity contribution < 1.29 is 9.47 Å². The fourth-order valence-corrected chi connectivity index (χ4v) is 3.04. The van der Waals surface area contributed by atoms with Gasteiger partial charge in [0.05, 0.1) is 13.2 Å². The van der Waals surface area contributed by atoms with Crippen molar-refractivity contribution in [3.05, 3.63) is 29.8 Å². The number of methoxy groups -OCH3 is 1. The lowest BCUT2D eigenvalue weighted by Gasteiger charge is -2.25. The van der Waals surface area contributed by atoms with Crippen LogP contribution in [0.25, 0.3) is 0 Å². The van der Waals surface area contributed by atoms with Gasteiger partial charge in [0, 0.05) is 33.3 Å². The fraction of sp³-hybridized carbons (Fsp3) is 0.632. The van der Waals surface area contributed by atoms with Crippen LogP contribution in [0.3, 0.4) is 0 Å². The maximum atomic E-state index is 5.73. The average molecular weight is 348 g/mol. The molecule has 6 heteroatoms. The molecule has 1 aliphatic heterocycles. The number of nitrogens with one attached hydrogen (secondary N) is 2. The third-order valence-corrected chi connectivity index (χ3v) is 4.49. The molecule has 1 fully saturated rings. The van der Waals surface area contributed by atoms with Gasteiger partial charge in [0.1, 0.15) is 12.4 Å². The minimum atomic E-state index is 0.553. The molecular weight excluding hydrogens is 316 g/mol. The molecule has 0 saturated carbocycles. The van der Waals surface area contributed by atoms with Crippen LogP contribution in [-0.4, -0.2) is 70.5 Å². The van der Waals surface area contributed by atoms with Gasteiger partial charge in [-0.15, -0.1) is 0 Å². The van der Waals surface area contributed by atoms with Crippen LogP contribution in [0.5, 0.6) is 5.75 Å². The quantitative estimate of drug-likeness (QED) is 0.404. The average Bonchev–Trinajstić information content (AvgIpc) is 3.08. The van der Waals surface area contributed by atoms with E-state index in [9.17, 15) is 0 Å². The maximum absolute atomic E-state index is 5.73. The highest BCUT2D eigenvalue weighted by molar-refractivity contribution is 5.79. The summed E-state index contributed by atoms with van der Waals surface area (Å²) in [6.45, 7) is 7.24. The second kappa shape index (κ2) is 10.9. The highest BCUT2D eigenvalue weighted by Crippen LogP contribution is 2.15. The van der Waals surface area contributed by atoms with E-state index in [4.69, 9.17) is 9.47 Å². The maximum Gasteiger partial charge on any atom is 0.191 e. The number of ether oxygens (including phenoxy) is 2. The van der Waals surface area contributed by atoms with E-state index in [-0.39, 0.29) is 0 Å². The van der Waals surface area contributed by atoms with Gasteiger partial charge in [-0.25, -0.2) is 0 Å². The van der Waals surface area contributed by atoms with Gasteiger partial charge >= 0.3 is 0 Å². The number of guanidine groups is 1. The van der Waals surface area contributed by atoms with Gasteiger partial charge in [0.25, 0.3) is 0 Å². The molecule has 1 heterocycles. The number of benzene rings is 1. The van der Waals surface area contributed by atoms with E-state index in [0.29, 0.717) is 19.2 Å². The molecule has 140 valence electrons. The van der Waals surface area contributed by atoms with Crippen molar-refractivity contribution in [3.63, 3.8) is 0 Å². The predicted molar refractivity (Wildman–Crippen MR) is 103 cm³/mol. The van der Waals surface area contributed by atoms with Gasteiger partial charge in [0.15, 0.2) is 5.96 Å². The zero-order chi connectivity index (χ0) is 17.9. The Balaban J connectivity index is 1.64. The summed E-state index contributed by atoms with van der Waals surface area (Å²) in [6.07, 6.45) is 2.48. The number of hydrogen-bond acceptors (Lipinski definition) is 4. The second-order valence-electron chi connectivity index (χ2n) is 6.37. The first-order valence-electron chi connectivity index (χ1n) is 9.10. The van der Waals surface area contributed by atoms with Crippen molar-refractivity contribution in [2.75, 3.05) is 53.6 Å². The van der Waals surface area contributed by atoms with Gasteiger partial charge in [-0.3, -0.25) is 9.89 Å². The summed E-state index contributed by atoms with van der Waals surface area (Å²) >= 11 is 0. The number of likely N-dealkylation sites (tertiary alicyclic amines) is 1. The lowest BCUT2D eigenvalue weighted by atomic mass is 10.2. The van der Waals surface area contributed by atoms with Crippen LogP contribution in [0.1, 0.15) is 18.4 Å². The highest BCUT2D eigenvalue weighted by atomic mass is 16.5. The second-order valence-corrected chi connectivity index (χ2v) is 6.37. The minimum absolute atomic E-state index is 0.553. The molecule has 1 saturated heterocycles. The van der Waals surface area contributed by atoms with Crippen LogP contribution in [0.15, 0.2) is 29.3 Å². The molecule has 0 bridgehead atoms. The predicted octanol–water partition coefficient (Wildman–Crippen LogP) is 1.65. The Hall–Kier alpha value is -1.79. The highest BCUT2D eigenvalue weighted by Gasteiger charge is 2.23. The first-order chi connectivity index (χ1) is 12.2. The van der Waals surface area contributed by atoms with E-state index >= 15 is 0 Å². The summed E-state index contributed by atoms with van der Waals surface area (Å²) in [7, 11) is 3.56. The van der Waals surface area contributed by atoms with Gasteiger partial charge in [-0.05, 0) is 38.4 Å². The molecule has 2 rings (SSSR count). The lowest BCUT2D eigenvalue weighted by molar-refractivity contribution is 0.141. The molecule has 0 radical (unpaired) electrons. The van der Waals surface area contributed by atoms with Crippen LogP contribution in [0.2, 0.25) is 0 Å². The van der Waals surface area contributed by atoms with Crippen molar-refractivity contribution in [1.82, 2.24) is 15.5 Å². The van der Waals surface area contributed by atoms with Crippen LogP contribution in [0.4, 0.5) is 0 Å². The summed E-state index contributed by atoms with van der Waals surface area (Å²) < 4.78 is 10.9. The summed E-state index contributed by atoms with van der Waals surface area (Å²) in [5.41, 5.74) is 1.24. The molecule has 1 unspecified atom stereocenters. The Bertz CT molecular complexity index is 519. The third kappa shape index (κ3) is 6.92. The van der Waals surface area contributed by atoms with Crippen LogP contribution in [0, 0.1) is 6.92 Å². The molecule has 0 spiro atoms. The number of rotatable bonds is 9. The summed E-state index contributed by atoms with van der Waals surface area (Å²) in [5, 5.41) is 6.73. The molecule has 1 aliphatic rings. The standard InChI is InChI=1S/C19H32N4O2/c1-16-6-8-18(9-7-16)25-13-10-21-19(20-2)22-15-17-5-4-11-23(17)12-14-24-3/h6-9,17H,4-5,10-15H2,1-3H3,(H2,20,21,22). The smallest absolute Gasteiger partial charge is 0.191 e. The fourth-order valence-electron chi connectivity index (χ4n) is 3.04. The van der Waals surface area contributed by atoms with E-state index < -0.39 is 0 Å². The zero-order valence-corrected chi connectivity index (χ0v) is 15.8. The van der Waals surface area contributed by atoms with Gasteiger partial charge in [-0.1, -0.05) is 17.7 Å². The number of hydrogen-bond donors (Lipinski definition) is 2. The molecule has 1 aromatic rings. The monoisotopic (exact) mass is 348 g/mol. The molecule has 6 nitrogen and oxygen atoms in total. The van der Waals surface area contributed by atoms with Crippen LogP contribution in [-0.2, 0) is 4.74 Å². The van der Waals surface area contributed by atoms with E-state index in [1.54, 1.807) is 14.2 Å². The molecule has 25 heavy (non-hydrogen) atoms. The van der Waals surface area contributed by atoms with Gasteiger partial charge in [0.2, 0.25) is 0 Å². The van der Waals surface area contributed by atoms with Crippen molar-refractivity contribution >= 4 is 5.96 Å². The number of aryl methyl sites for hydroxylation is 1. The molecule has 1 aromatic carbocycles. The van der Waals surface area contributed by atoms with Crippen molar-refractivity contribution in [2.24, 2.45) is 4.99 Å². The van der Waals surface area contributed by atoms with Crippen molar-refractivity contribution in [2.45, 2.75) is 25.8 Å². The number of aliphatic imine (C=N–C) groups is 1. The van der Waals surface area contributed by atoms with Gasteiger partial charge < -0.3 is 20.1 Å². The summed E-state index contributed by atoms with van der Waals surface area (Å²) in [4.78, 5) is 6.78. The van der Waals surface area contributed by atoms with Crippen molar-refractivity contribution in [3.8, 4) is 5.75 Å². The van der Waals surface area contributed by atoms with E-state index in [0.717, 1.165) is 38.0 Å². The third-order valence-electron chi connectivity index (χ3n) is 4.49. The summed E-state index contributed by atoms with van der Waals surface area (Å²) in [6, 6.07) is 8.66. The molecule has 2 N–H and O–H groups in total. The number of nitrogens with zero attached hydrogens (tertiary/aromatic N) is 2. The van der Waals surface area contributed by atoms with Crippen molar-refractivity contribution in [1.29, 1.82) is 0 Å². The Morgan fingerprint density at radius 1 is 1.24 bits per heavy atom. The molecular formula is C19H32N4O2. The van der Waals surface area contributed by atoms with Crippen LogP contribution < -0.4 is 15.4 Å². The zero-order valence-electron chi connectivity index (χ0n) is 15.8. The summed E-state index contributed by atoms with van der Waals surface area (Å²) in [5.74, 6) is 1.72. The first kappa shape index (κ1) is 19.5. The van der Waals surface area contributed by atoms with E-state index in [1.807, 2.05) is 12.1 Å². The van der Waals surface area contributed by atoms with Gasteiger partial charge in [-0.2, -0.15) is 0 Å². The minimum Gasteiger partial charge on any atom is -0.492 e. The Morgan fingerprint density at radius 3 is 2.76 bits per heavy atom. The van der Waals surface area contributed by atoms with E-state index in [1.165, 1.54) is 18.4 Å². The van der Waals surface area contributed by atoms with E-state index in [2.05, 4.69) is 39.6 Å². The topological polar surface area (TPSA) is 58.1 Å². The molecule has 0 aliphatic carbocycles. The molecule has 1 atom stereocenters. The Labute approximate surface area is 151 Å². The molecule has 0 aromatic heterocycles. The largest absolute Gasteiger partial charge is 0.492 e. The Morgan fingerprint density at radius 2 is 2.04 bits per heavy atom. The normalized spacial score (nSPS) is 18.4. The SMILES string of the molecule is CN=C(NCCOc1ccc(C)cc1)NCC1CCCN1CCOC. The lowest BCUT2D eigenvalue weighted by Crippen LogP contribution is -2.46. The first-order valence-corrected chi connectivity index (χ1v) is 9.10.